The predicted octanol–water partition coefficient (Wildman–Crippen LogP) is 4.93. The van der Waals surface area contributed by atoms with Crippen molar-refractivity contribution in [2.75, 3.05) is 0 Å². The third-order valence-corrected chi connectivity index (χ3v) is 3.62. The van der Waals surface area contributed by atoms with Crippen LogP contribution in [-0.4, -0.2) is 4.98 Å². The van der Waals surface area contributed by atoms with Crippen LogP contribution in [0.1, 0.15) is 16.3 Å². The third kappa shape index (κ3) is 2.64. The van der Waals surface area contributed by atoms with Gasteiger partial charge < -0.3 is 0 Å². The fourth-order valence-electron chi connectivity index (χ4n) is 1.27. The Balaban J connectivity index is 2.30. The van der Waals surface area contributed by atoms with E-state index in [0.29, 0.717) is 10.0 Å². The van der Waals surface area contributed by atoms with Crippen molar-refractivity contribution in [1.29, 1.82) is 0 Å². The molecule has 0 fully saturated rings. The lowest BCUT2D eigenvalue weighted by atomic mass is 10.2. The molecule has 16 heavy (non-hydrogen) atoms. The molecule has 1 aromatic carbocycles. The Morgan fingerprint density at radius 1 is 1.19 bits per heavy atom. The fourth-order valence-corrected chi connectivity index (χ4v) is 2.48. The summed E-state index contributed by atoms with van der Waals surface area (Å²) in [5.41, 5.74) is 1.86. The summed E-state index contributed by atoms with van der Waals surface area (Å²) in [7, 11) is 0. The highest BCUT2D eigenvalue weighted by Gasteiger charge is 2.01. The minimum absolute atomic E-state index is 0.650. The van der Waals surface area contributed by atoms with E-state index in [1.165, 1.54) is 0 Å². The average molecular weight is 270 g/mol. The lowest BCUT2D eigenvalue weighted by molar-refractivity contribution is 1.25. The van der Waals surface area contributed by atoms with Crippen LogP contribution < -0.4 is 0 Å². The summed E-state index contributed by atoms with van der Waals surface area (Å²) < 4.78 is 0. The highest BCUT2D eigenvalue weighted by atomic mass is 35.5. The first-order chi connectivity index (χ1) is 7.66. The van der Waals surface area contributed by atoms with Crippen LogP contribution in [0.2, 0.25) is 10.0 Å². The number of hydrogen-bond donors (Lipinski definition) is 0. The Labute approximate surface area is 108 Å². The second-order valence-electron chi connectivity index (χ2n) is 3.30. The molecule has 0 saturated carbocycles. The van der Waals surface area contributed by atoms with Gasteiger partial charge in [-0.3, -0.25) is 0 Å². The van der Waals surface area contributed by atoms with Gasteiger partial charge in [-0.1, -0.05) is 29.3 Å². The van der Waals surface area contributed by atoms with Gasteiger partial charge in [0.15, 0.2) is 0 Å². The first kappa shape index (κ1) is 11.6. The third-order valence-electron chi connectivity index (χ3n) is 2.03. The van der Waals surface area contributed by atoms with E-state index in [1.54, 1.807) is 11.3 Å². The SMILES string of the molecule is Cc1csc(/C=C/c2c(Cl)cccc2Cl)n1. The molecule has 2 rings (SSSR count). The highest BCUT2D eigenvalue weighted by Crippen LogP contribution is 2.26. The predicted molar refractivity (Wildman–Crippen MR) is 72.2 cm³/mol. The van der Waals surface area contributed by atoms with Crippen LogP contribution in [0.25, 0.3) is 12.2 Å². The summed E-state index contributed by atoms with van der Waals surface area (Å²) >= 11 is 13.7. The molecule has 0 aliphatic carbocycles. The van der Waals surface area contributed by atoms with Crippen molar-refractivity contribution in [3.05, 3.63) is 49.9 Å². The lowest BCUT2D eigenvalue weighted by Crippen LogP contribution is -1.77. The largest absolute Gasteiger partial charge is 0.242 e. The average Bonchev–Trinajstić information content (AvgIpc) is 2.63. The van der Waals surface area contributed by atoms with E-state index in [1.807, 2.05) is 42.7 Å². The van der Waals surface area contributed by atoms with Crippen LogP contribution >= 0.6 is 34.5 Å². The quantitative estimate of drug-likeness (QED) is 0.754. The summed E-state index contributed by atoms with van der Waals surface area (Å²) in [6.45, 7) is 1.97. The normalized spacial score (nSPS) is 11.2. The molecular formula is C12H9Cl2NS. The van der Waals surface area contributed by atoms with Crippen molar-refractivity contribution in [2.24, 2.45) is 0 Å². The topological polar surface area (TPSA) is 12.9 Å². The zero-order valence-corrected chi connectivity index (χ0v) is 10.9. The Bertz CT molecular complexity index is 511. The minimum atomic E-state index is 0.650. The zero-order valence-electron chi connectivity index (χ0n) is 8.58. The molecule has 0 saturated heterocycles. The van der Waals surface area contributed by atoms with E-state index < -0.39 is 0 Å². The molecule has 0 unspecified atom stereocenters. The number of nitrogens with zero attached hydrogens (tertiary/aromatic N) is 1. The molecule has 82 valence electrons. The molecule has 0 aliphatic rings. The number of thiazole rings is 1. The monoisotopic (exact) mass is 269 g/mol. The maximum absolute atomic E-state index is 6.05. The van der Waals surface area contributed by atoms with Crippen LogP contribution in [0.5, 0.6) is 0 Å². The second kappa shape index (κ2) is 5.00. The molecule has 0 atom stereocenters. The van der Waals surface area contributed by atoms with E-state index in [9.17, 15) is 0 Å². The number of halogens is 2. The van der Waals surface area contributed by atoms with Crippen molar-refractivity contribution in [1.82, 2.24) is 4.98 Å². The van der Waals surface area contributed by atoms with E-state index in [4.69, 9.17) is 23.2 Å². The van der Waals surface area contributed by atoms with Crippen molar-refractivity contribution < 1.29 is 0 Å². The molecule has 0 spiro atoms. The Morgan fingerprint density at radius 3 is 2.44 bits per heavy atom. The molecule has 0 N–H and O–H groups in total. The van der Waals surface area contributed by atoms with Gasteiger partial charge in [0.25, 0.3) is 0 Å². The van der Waals surface area contributed by atoms with Gasteiger partial charge in [-0.05, 0) is 31.2 Å². The first-order valence-corrected chi connectivity index (χ1v) is 6.34. The van der Waals surface area contributed by atoms with E-state index >= 15 is 0 Å². The number of benzene rings is 1. The van der Waals surface area contributed by atoms with Gasteiger partial charge in [0.1, 0.15) is 5.01 Å². The van der Waals surface area contributed by atoms with Crippen molar-refractivity contribution in [2.45, 2.75) is 6.92 Å². The van der Waals surface area contributed by atoms with Gasteiger partial charge in [0, 0.05) is 26.7 Å². The Morgan fingerprint density at radius 2 is 1.88 bits per heavy atom. The van der Waals surface area contributed by atoms with Crippen LogP contribution in [-0.2, 0) is 0 Å². The van der Waals surface area contributed by atoms with Crippen molar-refractivity contribution in [3.63, 3.8) is 0 Å². The lowest BCUT2D eigenvalue weighted by Gasteiger charge is -1.99. The van der Waals surface area contributed by atoms with Gasteiger partial charge >= 0.3 is 0 Å². The summed E-state index contributed by atoms with van der Waals surface area (Å²) in [4.78, 5) is 4.33. The van der Waals surface area contributed by atoms with Gasteiger partial charge in [0.2, 0.25) is 0 Å². The van der Waals surface area contributed by atoms with Gasteiger partial charge in [0.05, 0.1) is 0 Å². The van der Waals surface area contributed by atoms with Gasteiger partial charge in [-0.2, -0.15) is 0 Å². The Kier molecular flexibility index (Phi) is 3.64. The molecule has 2 aromatic rings. The maximum atomic E-state index is 6.05. The molecule has 1 heterocycles. The number of hydrogen-bond acceptors (Lipinski definition) is 2. The molecule has 1 nitrogen and oxygen atoms in total. The van der Waals surface area contributed by atoms with Crippen LogP contribution in [0.3, 0.4) is 0 Å². The molecule has 0 aliphatic heterocycles. The minimum Gasteiger partial charge on any atom is -0.242 e. The molecule has 1 aromatic heterocycles. The molecule has 4 heteroatoms. The summed E-state index contributed by atoms with van der Waals surface area (Å²) in [6, 6.07) is 5.47. The standard InChI is InChI=1S/C12H9Cl2NS/c1-8-7-16-12(15-8)6-5-9-10(13)3-2-4-11(9)14/h2-7H,1H3/b6-5+. The van der Waals surface area contributed by atoms with Crippen LogP contribution in [0.4, 0.5) is 0 Å². The highest BCUT2D eigenvalue weighted by molar-refractivity contribution is 7.10. The van der Waals surface area contributed by atoms with E-state index in [-0.39, 0.29) is 0 Å². The molecule has 0 bridgehead atoms. The van der Waals surface area contributed by atoms with Gasteiger partial charge in [-0.15, -0.1) is 11.3 Å². The van der Waals surface area contributed by atoms with Crippen LogP contribution in [0, 0.1) is 6.92 Å². The fraction of sp³-hybridized carbons (Fsp3) is 0.0833. The number of aryl methyl sites for hydroxylation is 1. The number of rotatable bonds is 2. The molecule has 0 amide bonds. The van der Waals surface area contributed by atoms with E-state index in [0.717, 1.165) is 16.3 Å². The smallest absolute Gasteiger partial charge is 0.116 e. The van der Waals surface area contributed by atoms with Crippen molar-refractivity contribution >= 4 is 46.7 Å². The molecule has 0 radical (unpaired) electrons. The first-order valence-electron chi connectivity index (χ1n) is 4.71. The van der Waals surface area contributed by atoms with Crippen LogP contribution in [0.15, 0.2) is 23.6 Å². The molecular weight excluding hydrogens is 261 g/mol. The van der Waals surface area contributed by atoms with Gasteiger partial charge in [-0.25, -0.2) is 4.98 Å². The summed E-state index contributed by atoms with van der Waals surface area (Å²) in [6.07, 6.45) is 3.81. The maximum Gasteiger partial charge on any atom is 0.116 e. The zero-order chi connectivity index (χ0) is 11.5. The Hall–Kier alpha value is -0.830. The summed E-state index contributed by atoms with van der Waals surface area (Å²) in [5.74, 6) is 0. The summed E-state index contributed by atoms with van der Waals surface area (Å²) in [5, 5.41) is 4.26. The van der Waals surface area contributed by atoms with E-state index in [2.05, 4.69) is 4.98 Å². The second-order valence-corrected chi connectivity index (χ2v) is 5.00. The van der Waals surface area contributed by atoms with Crippen molar-refractivity contribution in [3.8, 4) is 0 Å². The number of aromatic nitrogens is 1.